The van der Waals surface area contributed by atoms with Gasteiger partial charge in [0.1, 0.15) is 11.6 Å². The molecule has 3 atom stereocenters. The minimum absolute atomic E-state index is 0.0830. The standard InChI is InChI=1S/C28H33FN6O2/c1-27-9-4-10-28(2,34-27)15-19(14-27)35(18-5-6-18)25-8-7-23(31-32-25)21-12-22(29)20(13-24(21)36)17-11-26(37-3)33-30-16-17/h7-8,11-13,16,18-19,34,36H,4-6,9-10,14-15H2,1-3H3/t19-,27-,28+. The van der Waals surface area contributed by atoms with Crippen molar-refractivity contribution in [1.82, 2.24) is 25.7 Å². The third kappa shape index (κ3) is 4.61. The van der Waals surface area contributed by atoms with E-state index in [2.05, 4.69) is 44.5 Å². The largest absolute Gasteiger partial charge is 0.507 e. The number of aromatic hydroxyl groups is 1. The van der Waals surface area contributed by atoms with Crippen LogP contribution in [0.25, 0.3) is 22.4 Å². The number of ether oxygens (including phenoxy) is 1. The van der Waals surface area contributed by atoms with Gasteiger partial charge in [-0.2, -0.15) is 5.10 Å². The number of anilines is 1. The summed E-state index contributed by atoms with van der Waals surface area (Å²) in [6.07, 6.45) is 9.61. The highest BCUT2D eigenvalue weighted by Crippen LogP contribution is 2.45. The summed E-state index contributed by atoms with van der Waals surface area (Å²) in [5, 5.41) is 31.4. The van der Waals surface area contributed by atoms with Crippen LogP contribution in [-0.2, 0) is 0 Å². The van der Waals surface area contributed by atoms with Crippen LogP contribution in [0, 0.1) is 5.82 Å². The predicted octanol–water partition coefficient (Wildman–Crippen LogP) is 4.88. The fraction of sp³-hybridized carbons (Fsp3) is 0.500. The second-order valence-corrected chi connectivity index (χ2v) is 11.4. The van der Waals surface area contributed by atoms with Gasteiger partial charge in [-0.1, -0.05) is 0 Å². The number of hydrogen-bond acceptors (Lipinski definition) is 8. The van der Waals surface area contributed by atoms with E-state index in [9.17, 15) is 5.11 Å². The number of methoxy groups -OCH3 is 1. The zero-order valence-corrected chi connectivity index (χ0v) is 21.5. The highest BCUT2D eigenvalue weighted by molar-refractivity contribution is 5.75. The lowest BCUT2D eigenvalue weighted by Gasteiger charge is -2.55. The van der Waals surface area contributed by atoms with Gasteiger partial charge in [-0.15, -0.1) is 15.3 Å². The summed E-state index contributed by atoms with van der Waals surface area (Å²) in [6, 6.07) is 8.92. The van der Waals surface area contributed by atoms with E-state index in [-0.39, 0.29) is 28.3 Å². The Balaban J connectivity index is 1.28. The molecule has 194 valence electrons. The number of nitrogens with zero attached hydrogens (tertiary/aromatic N) is 5. The van der Waals surface area contributed by atoms with Crippen molar-refractivity contribution < 1.29 is 14.2 Å². The van der Waals surface area contributed by atoms with Crippen molar-refractivity contribution in [2.45, 2.75) is 82.0 Å². The molecule has 2 saturated heterocycles. The van der Waals surface area contributed by atoms with Gasteiger partial charge in [-0.3, -0.25) is 0 Å². The Morgan fingerprint density at radius 1 is 1.00 bits per heavy atom. The van der Waals surface area contributed by atoms with Gasteiger partial charge >= 0.3 is 0 Å². The van der Waals surface area contributed by atoms with Gasteiger partial charge in [0.25, 0.3) is 0 Å². The Hall–Kier alpha value is -3.33. The van der Waals surface area contributed by atoms with Gasteiger partial charge in [0.2, 0.25) is 5.88 Å². The molecule has 8 nitrogen and oxygen atoms in total. The van der Waals surface area contributed by atoms with Crippen molar-refractivity contribution in [2.75, 3.05) is 12.0 Å². The van der Waals surface area contributed by atoms with Crippen LogP contribution >= 0.6 is 0 Å². The molecule has 2 aromatic heterocycles. The number of phenols is 1. The predicted molar refractivity (Wildman–Crippen MR) is 139 cm³/mol. The maximum Gasteiger partial charge on any atom is 0.233 e. The lowest BCUT2D eigenvalue weighted by molar-refractivity contribution is 0.0766. The van der Waals surface area contributed by atoms with E-state index >= 15 is 4.39 Å². The van der Waals surface area contributed by atoms with Crippen LogP contribution in [0.1, 0.15) is 58.8 Å². The molecule has 1 aliphatic carbocycles. The van der Waals surface area contributed by atoms with Crippen molar-refractivity contribution in [2.24, 2.45) is 0 Å². The Labute approximate surface area is 216 Å². The zero-order valence-electron chi connectivity index (χ0n) is 21.5. The number of hydrogen-bond donors (Lipinski definition) is 2. The van der Waals surface area contributed by atoms with Crippen molar-refractivity contribution in [3.63, 3.8) is 0 Å². The lowest BCUT2D eigenvalue weighted by atomic mass is 9.69. The topological polar surface area (TPSA) is 96.3 Å². The summed E-state index contributed by atoms with van der Waals surface area (Å²) in [7, 11) is 1.47. The first-order chi connectivity index (χ1) is 17.8. The highest BCUT2D eigenvalue weighted by Gasteiger charge is 2.49. The molecule has 37 heavy (non-hydrogen) atoms. The molecule has 0 radical (unpaired) electrons. The Morgan fingerprint density at radius 3 is 2.41 bits per heavy atom. The SMILES string of the molecule is COc1cc(-c2cc(O)c(-c3ccc(N(C4CC4)[C@H]4C[C@]5(C)CCC[C@](C)(C4)N5)nn3)cc2F)cnn1. The number of fused-ring (bicyclic) bond motifs is 2. The highest BCUT2D eigenvalue weighted by atomic mass is 19.1. The van der Waals surface area contributed by atoms with E-state index in [0.717, 1.165) is 18.7 Å². The van der Waals surface area contributed by atoms with E-state index < -0.39 is 5.82 Å². The summed E-state index contributed by atoms with van der Waals surface area (Å²) < 4.78 is 20.2. The molecule has 2 N–H and O–H groups in total. The van der Waals surface area contributed by atoms with Crippen LogP contribution < -0.4 is 15.0 Å². The maximum absolute atomic E-state index is 15.1. The van der Waals surface area contributed by atoms with Crippen molar-refractivity contribution in [3.8, 4) is 34.0 Å². The first kappa shape index (κ1) is 24.0. The molecule has 6 rings (SSSR count). The van der Waals surface area contributed by atoms with Gasteiger partial charge in [-0.25, -0.2) is 4.39 Å². The molecule has 3 aromatic rings. The number of benzene rings is 1. The summed E-state index contributed by atoms with van der Waals surface area (Å²) >= 11 is 0. The molecular weight excluding hydrogens is 471 g/mol. The van der Waals surface area contributed by atoms with Crippen molar-refractivity contribution >= 4 is 5.82 Å². The molecule has 2 bridgehead atoms. The molecule has 4 heterocycles. The molecular formula is C28H33FN6O2. The molecule has 3 aliphatic rings. The first-order valence-electron chi connectivity index (χ1n) is 13.1. The average molecular weight is 505 g/mol. The van der Waals surface area contributed by atoms with Crippen molar-refractivity contribution in [3.05, 3.63) is 42.3 Å². The minimum atomic E-state index is -0.504. The van der Waals surface area contributed by atoms with Crippen LogP contribution in [0.5, 0.6) is 11.6 Å². The Morgan fingerprint density at radius 2 is 1.76 bits per heavy atom. The summed E-state index contributed by atoms with van der Waals surface area (Å²) in [4.78, 5) is 2.48. The Kier molecular flexibility index (Phi) is 5.78. The van der Waals surface area contributed by atoms with Crippen LogP contribution in [-0.4, -0.2) is 55.8 Å². The number of aromatic nitrogens is 4. The molecule has 0 amide bonds. The van der Waals surface area contributed by atoms with Crippen LogP contribution in [0.3, 0.4) is 0 Å². The normalized spacial score (nSPS) is 27.1. The van der Waals surface area contributed by atoms with E-state index in [1.807, 2.05) is 12.1 Å². The van der Waals surface area contributed by atoms with E-state index in [0.29, 0.717) is 28.9 Å². The molecule has 1 aromatic carbocycles. The number of phenolic OH excluding ortho intramolecular Hbond substituents is 1. The van der Waals surface area contributed by atoms with Gasteiger partial charge < -0.3 is 20.1 Å². The molecule has 0 unspecified atom stereocenters. The van der Waals surface area contributed by atoms with Gasteiger partial charge in [-0.05, 0) is 83.1 Å². The number of nitrogens with one attached hydrogen (secondary N) is 1. The van der Waals surface area contributed by atoms with Gasteiger partial charge in [0, 0.05) is 45.9 Å². The fourth-order valence-electron chi connectivity index (χ4n) is 6.55. The molecule has 3 fully saturated rings. The summed E-state index contributed by atoms with van der Waals surface area (Å²) in [5.41, 5.74) is 1.68. The van der Waals surface area contributed by atoms with Crippen LogP contribution in [0.15, 0.2) is 36.5 Å². The summed E-state index contributed by atoms with van der Waals surface area (Å²) in [6.45, 7) is 4.71. The lowest BCUT2D eigenvalue weighted by Crippen LogP contribution is -2.67. The zero-order chi connectivity index (χ0) is 25.8. The minimum Gasteiger partial charge on any atom is -0.507 e. The maximum atomic E-state index is 15.1. The van der Waals surface area contributed by atoms with Crippen molar-refractivity contribution in [1.29, 1.82) is 0 Å². The second kappa shape index (κ2) is 8.90. The van der Waals surface area contributed by atoms with Gasteiger partial charge in [0.15, 0.2) is 5.82 Å². The molecule has 1 saturated carbocycles. The monoisotopic (exact) mass is 504 g/mol. The fourth-order valence-corrected chi connectivity index (χ4v) is 6.55. The average Bonchev–Trinajstić information content (AvgIpc) is 3.70. The first-order valence-corrected chi connectivity index (χ1v) is 13.1. The molecule has 9 heteroatoms. The molecule has 2 aliphatic heterocycles. The summed E-state index contributed by atoms with van der Waals surface area (Å²) in [5.74, 6) is 0.536. The third-order valence-electron chi connectivity index (χ3n) is 8.20. The van der Waals surface area contributed by atoms with Crippen LogP contribution in [0.4, 0.5) is 10.2 Å². The number of halogens is 1. The number of piperidine rings is 2. The third-order valence-corrected chi connectivity index (χ3v) is 8.20. The van der Waals surface area contributed by atoms with E-state index in [1.165, 1.54) is 57.5 Å². The number of rotatable bonds is 6. The van der Waals surface area contributed by atoms with E-state index in [1.54, 1.807) is 6.07 Å². The van der Waals surface area contributed by atoms with E-state index in [4.69, 9.17) is 4.74 Å². The van der Waals surface area contributed by atoms with Gasteiger partial charge in [0.05, 0.1) is 19.0 Å². The Bertz CT molecular complexity index is 1300. The quantitative estimate of drug-likeness (QED) is 0.491. The van der Waals surface area contributed by atoms with Crippen LogP contribution in [0.2, 0.25) is 0 Å². The molecule has 0 spiro atoms. The smallest absolute Gasteiger partial charge is 0.233 e. The second-order valence-electron chi connectivity index (χ2n) is 11.4.